The third-order valence-electron chi connectivity index (χ3n) is 2.02. The van der Waals surface area contributed by atoms with Crippen LogP contribution in [0.15, 0.2) is 11.4 Å². The van der Waals surface area contributed by atoms with Gasteiger partial charge < -0.3 is 10.5 Å². The van der Waals surface area contributed by atoms with Crippen molar-refractivity contribution >= 4 is 0 Å². The average molecular weight is 171 g/mol. The van der Waals surface area contributed by atoms with Gasteiger partial charge in [0.2, 0.25) is 0 Å². The molecule has 0 saturated heterocycles. The summed E-state index contributed by atoms with van der Waals surface area (Å²) in [6.45, 7) is 5.13. The minimum atomic E-state index is 0.0928. The zero-order valence-corrected chi connectivity index (χ0v) is 7.72. The van der Waals surface area contributed by atoms with E-state index in [9.17, 15) is 0 Å². The van der Waals surface area contributed by atoms with Crippen LogP contribution in [0.2, 0.25) is 0 Å². The van der Waals surface area contributed by atoms with Gasteiger partial charge in [0.1, 0.15) is 0 Å². The molecule has 0 saturated carbocycles. The molecule has 0 amide bonds. The quantitative estimate of drug-likeness (QED) is 0.570. The standard InChI is InChI=1S/C8H17N3O/c1-3-4-5-11-8(6-12)7(2)9-10-11/h9-10,12H,3-6H2,1-2H3. The van der Waals surface area contributed by atoms with Crippen molar-refractivity contribution in [3.05, 3.63) is 11.4 Å². The predicted octanol–water partition coefficient (Wildman–Crippen LogP) is 0.335. The Morgan fingerprint density at radius 2 is 2.25 bits per heavy atom. The molecule has 12 heavy (non-hydrogen) atoms. The summed E-state index contributed by atoms with van der Waals surface area (Å²) in [6, 6.07) is 0. The Balaban J connectivity index is 2.45. The normalized spacial score (nSPS) is 17.1. The molecule has 0 bridgehead atoms. The van der Waals surface area contributed by atoms with Crippen molar-refractivity contribution in [2.75, 3.05) is 13.2 Å². The van der Waals surface area contributed by atoms with E-state index in [1.165, 1.54) is 0 Å². The highest BCUT2D eigenvalue weighted by Crippen LogP contribution is 2.10. The van der Waals surface area contributed by atoms with E-state index in [1.54, 1.807) is 0 Å². The van der Waals surface area contributed by atoms with E-state index in [0.717, 1.165) is 30.8 Å². The van der Waals surface area contributed by atoms with E-state index in [-0.39, 0.29) is 6.61 Å². The maximum Gasteiger partial charge on any atom is 0.0862 e. The van der Waals surface area contributed by atoms with Crippen LogP contribution < -0.4 is 11.0 Å². The van der Waals surface area contributed by atoms with Crippen molar-refractivity contribution < 1.29 is 5.11 Å². The fourth-order valence-corrected chi connectivity index (χ4v) is 1.20. The number of hydrogen-bond acceptors (Lipinski definition) is 4. The molecule has 0 fully saturated rings. The lowest BCUT2D eigenvalue weighted by atomic mass is 10.3. The van der Waals surface area contributed by atoms with E-state index in [2.05, 4.69) is 17.9 Å². The first-order valence-corrected chi connectivity index (χ1v) is 4.39. The molecule has 0 aliphatic carbocycles. The van der Waals surface area contributed by atoms with Crippen LogP contribution in [0.1, 0.15) is 26.7 Å². The van der Waals surface area contributed by atoms with Gasteiger partial charge in [-0.1, -0.05) is 13.3 Å². The van der Waals surface area contributed by atoms with E-state index >= 15 is 0 Å². The molecule has 4 heteroatoms. The monoisotopic (exact) mass is 171 g/mol. The molecular formula is C8H17N3O. The summed E-state index contributed by atoms with van der Waals surface area (Å²) < 4.78 is 0. The Labute approximate surface area is 73.2 Å². The number of hydrazine groups is 2. The van der Waals surface area contributed by atoms with Crippen LogP contribution >= 0.6 is 0 Å². The fourth-order valence-electron chi connectivity index (χ4n) is 1.20. The van der Waals surface area contributed by atoms with Gasteiger partial charge in [0.25, 0.3) is 0 Å². The van der Waals surface area contributed by atoms with Gasteiger partial charge in [-0.25, -0.2) is 0 Å². The Bertz CT molecular complexity index is 179. The summed E-state index contributed by atoms with van der Waals surface area (Å²) in [6.07, 6.45) is 2.29. The lowest BCUT2D eigenvalue weighted by Crippen LogP contribution is -2.38. The van der Waals surface area contributed by atoms with Crippen molar-refractivity contribution in [3.8, 4) is 0 Å². The van der Waals surface area contributed by atoms with Gasteiger partial charge in [-0.3, -0.25) is 5.01 Å². The topological polar surface area (TPSA) is 47.5 Å². The second-order valence-electron chi connectivity index (χ2n) is 2.97. The largest absolute Gasteiger partial charge is 0.390 e. The van der Waals surface area contributed by atoms with E-state index < -0.39 is 0 Å². The number of aliphatic hydroxyl groups is 1. The van der Waals surface area contributed by atoms with Crippen molar-refractivity contribution in [1.82, 2.24) is 16.0 Å². The molecule has 0 unspecified atom stereocenters. The molecule has 0 spiro atoms. The summed E-state index contributed by atoms with van der Waals surface area (Å²) in [7, 11) is 0. The molecule has 1 rings (SSSR count). The van der Waals surface area contributed by atoms with Crippen LogP contribution in [0.25, 0.3) is 0 Å². The van der Waals surface area contributed by atoms with E-state index in [1.807, 2.05) is 11.9 Å². The van der Waals surface area contributed by atoms with Crippen LogP contribution in [-0.4, -0.2) is 23.3 Å². The number of nitrogens with zero attached hydrogens (tertiary/aromatic N) is 1. The van der Waals surface area contributed by atoms with Crippen LogP contribution in [0, 0.1) is 0 Å². The Morgan fingerprint density at radius 3 is 2.83 bits per heavy atom. The minimum absolute atomic E-state index is 0.0928. The lowest BCUT2D eigenvalue weighted by molar-refractivity contribution is 0.205. The highest BCUT2D eigenvalue weighted by atomic mass is 16.3. The molecular weight excluding hydrogens is 154 g/mol. The number of unbranched alkanes of at least 4 members (excludes halogenated alkanes) is 1. The highest BCUT2D eigenvalue weighted by Gasteiger charge is 2.16. The van der Waals surface area contributed by atoms with Crippen molar-refractivity contribution in [2.24, 2.45) is 0 Å². The molecule has 70 valence electrons. The van der Waals surface area contributed by atoms with Crippen molar-refractivity contribution in [3.63, 3.8) is 0 Å². The zero-order valence-electron chi connectivity index (χ0n) is 7.72. The lowest BCUT2D eigenvalue weighted by Gasteiger charge is -2.19. The first kappa shape index (κ1) is 9.35. The number of allylic oxidation sites excluding steroid dienone is 1. The summed E-state index contributed by atoms with van der Waals surface area (Å²) in [5.74, 6) is 0. The van der Waals surface area contributed by atoms with Gasteiger partial charge in [-0.2, -0.15) is 0 Å². The Hall–Kier alpha value is -0.740. The van der Waals surface area contributed by atoms with Crippen LogP contribution in [0.4, 0.5) is 0 Å². The second-order valence-corrected chi connectivity index (χ2v) is 2.97. The molecule has 1 aliphatic rings. The molecule has 1 heterocycles. The summed E-state index contributed by atoms with van der Waals surface area (Å²) in [5, 5.41) is 11.0. The zero-order chi connectivity index (χ0) is 8.97. The molecule has 4 nitrogen and oxygen atoms in total. The van der Waals surface area contributed by atoms with Gasteiger partial charge in [0.15, 0.2) is 0 Å². The number of rotatable bonds is 4. The molecule has 3 N–H and O–H groups in total. The van der Waals surface area contributed by atoms with E-state index in [4.69, 9.17) is 5.11 Å². The Kier molecular flexibility index (Phi) is 3.37. The summed E-state index contributed by atoms with van der Waals surface area (Å²) in [5.41, 5.74) is 7.92. The predicted molar refractivity (Wildman–Crippen MR) is 47.7 cm³/mol. The van der Waals surface area contributed by atoms with E-state index in [0.29, 0.717) is 0 Å². The average Bonchev–Trinajstić information content (AvgIpc) is 2.43. The number of hydrogen-bond donors (Lipinski definition) is 3. The molecule has 0 aromatic carbocycles. The smallest absolute Gasteiger partial charge is 0.0862 e. The third kappa shape index (κ3) is 1.89. The molecule has 0 radical (unpaired) electrons. The minimum Gasteiger partial charge on any atom is -0.390 e. The number of aliphatic hydroxyl groups excluding tert-OH is 1. The molecule has 0 atom stereocenters. The fraction of sp³-hybridized carbons (Fsp3) is 0.750. The molecule has 0 aromatic rings. The third-order valence-corrected chi connectivity index (χ3v) is 2.02. The molecule has 0 aromatic heterocycles. The van der Waals surface area contributed by atoms with Crippen molar-refractivity contribution in [2.45, 2.75) is 26.7 Å². The summed E-state index contributed by atoms with van der Waals surface area (Å²) in [4.78, 5) is 0. The molecule has 1 aliphatic heterocycles. The SMILES string of the molecule is CCCCN1NNC(C)=C1CO. The van der Waals surface area contributed by atoms with Crippen LogP contribution in [0.5, 0.6) is 0 Å². The Morgan fingerprint density at radius 1 is 1.50 bits per heavy atom. The highest BCUT2D eigenvalue weighted by molar-refractivity contribution is 5.12. The summed E-state index contributed by atoms with van der Waals surface area (Å²) >= 11 is 0. The second kappa shape index (κ2) is 4.33. The first-order valence-electron chi connectivity index (χ1n) is 4.39. The van der Waals surface area contributed by atoms with Crippen molar-refractivity contribution in [1.29, 1.82) is 0 Å². The van der Waals surface area contributed by atoms with Gasteiger partial charge in [-0.15, -0.1) is 5.53 Å². The van der Waals surface area contributed by atoms with Crippen LogP contribution in [0.3, 0.4) is 0 Å². The maximum absolute atomic E-state index is 9.03. The maximum atomic E-state index is 9.03. The van der Waals surface area contributed by atoms with Gasteiger partial charge in [-0.05, 0) is 13.3 Å². The number of nitrogens with one attached hydrogen (secondary N) is 2. The van der Waals surface area contributed by atoms with Gasteiger partial charge >= 0.3 is 0 Å². The first-order chi connectivity index (χ1) is 5.79. The van der Waals surface area contributed by atoms with Gasteiger partial charge in [0, 0.05) is 12.2 Å². The van der Waals surface area contributed by atoms with Crippen LogP contribution in [-0.2, 0) is 0 Å². The van der Waals surface area contributed by atoms with Gasteiger partial charge in [0.05, 0.1) is 12.3 Å².